The minimum absolute atomic E-state index is 0.245. The van der Waals surface area contributed by atoms with Crippen LogP contribution in [-0.2, 0) is 0 Å². The Bertz CT molecular complexity index is 123. The average molecular weight is 141 g/mol. The summed E-state index contributed by atoms with van der Waals surface area (Å²) in [5.74, 6) is 5.68. The van der Waals surface area contributed by atoms with Crippen LogP contribution in [0.5, 0.6) is 0 Å². The van der Waals surface area contributed by atoms with Crippen LogP contribution in [0.1, 0.15) is 19.8 Å². The van der Waals surface area contributed by atoms with Gasteiger partial charge in [-0.1, -0.05) is 0 Å². The Hall–Kier alpha value is -0.520. The molecule has 0 fully saturated rings. The summed E-state index contributed by atoms with van der Waals surface area (Å²) in [6.45, 7) is 2.47. The van der Waals surface area contributed by atoms with Crippen molar-refractivity contribution in [2.75, 3.05) is 13.6 Å². The van der Waals surface area contributed by atoms with Gasteiger partial charge in [0.25, 0.3) is 0 Å². The molecule has 0 aliphatic heterocycles. The van der Waals surface area contributed by atoms with Gasteiger partial charge in [0.1, 0.15) is 0 Å². The van der Waals surface area contributed by atoms with Crippen LogP contribution in [-0.4, -0.2) is 24.8 Å². The molecule has 0 aliphatic rings. The highest BCUT2D eigenvalue weighted by Gasteiger charge is 1.98. The molecule has 0 aromatic carbocycles. The number of likely N-dealkylation sites (N-methyl/N-ethyl adjacent to an activating group) is 1. The molecule has 2 nitrogen and oxygen atoms in total. The first-order chi connectivity index (χ1) is 4.81. The molecule has 0 heterocycles. The predicted octanol–water partition coefficient (Wildman–Crippen LogP) is 0.370. The number of hydrogen-bond acceptors (Lipinski definition) is 2. The molecule has 58 valence electrons. The minimum atomic E-state index is -0.245. The molecule has 0 rings (SSSR count). The quantitative estimate of drug-likeness (QED) is 0.554. The second-order valence-corrected chi connectivity index (χ2v) is 2.18. The maximum absolute atomic E-state index is 9.15. The summed E-state index contributed by atoms with van der Waals surface area (Å²) in [6, 6.07) is 0. The van der Waals surface area contributed by atoms with Crippen molar-refractivity contribution in [2.45, 2.75) is 25.9 Å². The Morgan fingerprint density at radius 3 is 2.80 bits per heavy atom. The smallest absolute Gasteiger partial charge is 0.0673 e. The van der Waals surface area contributed by atoms with Gasteiger partial charge in [-0.2, -0.15) is 0 Å². The van der Waals surface area contributed by atoms with Crippen molar-refractivity contribution >= 4 is 0 Å². The fourth-order valence-electron chi connectivity index (χ4n) is 0.701. The molecule has 0 bridgehead atoms. The SMILES string of the molecule is CC#CCCC(O)CNC. The third kappa shape index (κ3) is 5.61. The van der Waals surface area contributed by atoms with Gasteiger partial charge in [0.2, 0.25) is 0 Å². The van der Waals surface area contributed by atoms with Crippen molar-refractivity contribution in [3.05, 3.63) is 0 Å². The summed E-state index contributed by atoms with van der Waals surface area (Å²) in [4.78, 5) is 0. The summed E-state index contributed by atoms with van der Waals surface area (Å²) in [5, 5.41) is 12.0. The number of hydrogen-bond donors (Lipinski definition) is 2. The summed E-state index contributed by atoms with van der Waals surface area (Å²) < 4.78 is 0. The van der Waals surface area contributed by atoms with Crippen LogP contribution in [0, 0.1) is 11.8 Å². The molecule has 0 saturated carbocycles. The van der Waals surface area contributed by atoms with Gasteiger partial charge in [-0.05, 0) is 20.4 Å². The maximum Gasteiger partial charge on any atom is 0.0673 e. The number of nitrogens with one attached hydrogen (secondary N) is 1. The van der Waals surface area contributed by atoms with E-state index in [0.29, 0.717) is 6.54 Å². The normalized spacial score (nSPS) is 11.9. The highest BCUT2D eigenvalue weighted by atomic mass is 16.3. The molecule has 0 spiro atoms. The van der Waals surface area contributed by atoms with Crippen molar-refractivity contribution in [1.29, 1.82) is 0 Å². The van der Waals surface area contributed by atoms with E-state index < -0.39 is 0 Å². The van der Waals surface area contributed by atoms with E-state index in [1.807, 2.05) is 14.0 Å². The molecule has 0 saturated heterocycles. The summed E-state index contributed by atoms with van der Waals surface area (Å²) in [6.07, 6.45) is 1.31. The molecule has 0 aromatic rings. The zero-order valence-electron chi connectivity index (χ0n) is 6.65. The fourth-order valence-corrected chi connectivity index (χ4v) is 0.701. The van der Waals surface area contributed by atoms with Crippen LogP contribution < -0.4 is 5.32 Å². The monoisotopic (exact) mass is 141 g/mol. The molecule has 2 N–H and O–H groups in total. The van der Waals surface area contributed by atoms with Crippen molar-refractivity contribution in [3.63, 3.8) is 0 Å². The third-order valence-corrected chi connectivity index (χ3v) is 1.22. The highest BCUT2D eigenvalue weighted by Crippen LogP contribution is 1.93. The van der Waals surface area contributed by atoms with Gasteiger partial charge in [-0.25, -0.2) is 0 Å². The van der Waals surface area contributed by atoms with E-state index in [1.54, 1.807) is 0 Å². The molecular formula is C8H15NO. The highest BCUT2D eigenvalue weighted by molar-refractivity contribution is 4.95. The Labute approximate surface area is 62.6 Å². The van der Waals surface area contributed by atoms with Gasteiger partial charge in [0.15, 0.2) is 0 Å². The topological polar surface area (TPSA) is 32.3 Å². The second kappa shape index (κ2) is 6.60. The lowest BCUT2D eigenvalue weighted by Crippen LogP contribution is -2.22. The van der Waals surface area contributed by atoms with Crippen LogP contribution in [0.4, 0.5) is 0 Å². The van der Waals surface area contributed by atoms with Crippen LogP contribution in [0.15, 0.2) is 0 Å². The number of aliphatic hydroxyl groups is 1. The van der Waals surface area contributed by atoms with Gasteiger partial charge in [-0.3, -0.25) is 0 Å². The Kier molecular flexibility index (Phi) is 6.25. The van der Waals surface area contributed by atoms with Gasteiger partial charge < -0.3 is 10.4 Å². The molecule has 10 heavy (non-hydrogen) atoms. The van der Waals surface area contributed by atoms with E-state index in [-0.39, 0.29) is 6.10 Å². The molecule has 0 amide bonds. The molecule has 2 heteroatoms. The van der Waals surface area contributed by atoms with Crippen LogP contribution in [0.3, 0.4) is 0 Å². The molecular weight excluding hydrogens is 126 g/mol. The third-order valence-electron chi connectivity index (χ3n) is 1.22. The molecule has 0 radical (unpaired) electrons. The van der Waals surface area contributed by atoms with Crippen LogP contribution in [0.2, 0.25) is 0 Å². The van der Waals surface area contributed by atoms with Crippen molar-refractivity contribution in [1.82, 2.24) is 5.32 Å². The largest absolute Gasteiger partial charge is 0.392 e. The van der Waals surface area contributed by atoms with E-state index in [4.69, 9.17) is 5.11 Å². The zero-order chi connectivity index (χ0) is 7.82. The molecule has 0 aliphatic carbocycles. The van der Waals surface area contributed by atoms with Gasteiger partial charge in [-0.15, -0.1) is 11.8 Å². The first-order valence-electron chi connectivity index (χ1n) is 3.53. The molecule has 1 unspecified atom stereocenters. The maximum atomic E-state index is 9.15. The van der Waals surface area contributed by atoms with Crippen LogP contribution in [0.25, 0.3) is 0 Å². The van der Waals surface area contributed by atoms with E-state index in [9.17, 15) is 0 Å². The van der Waals surface area contributed by atoms with E-state index in [0.717, 1.165) is 12.8 Å². The second-order valence-electron chi connectivity index (χ2n) is 2.18. The van der Waals surface area contributed by atoms with Gasteiger partial charge in [0.05, 0.1) is 6.10 Å². The van der Waals surface area contributed by atoms with Crippen LogP contribution >= 0.6 is 0 Å². The Morgan fingerprint density at radius 2 is 2.30 bits per heavy atom. The van der Waals surface area contributed by atoms with E-state index >= 15 is 0 Å². The number of aliphatic hydroxyl groups excluding tert-OH is 1. The zero-order valence-corrected chi connectivity index (χ0v) is 6.65. The Balaban J connectivity index is 3.18. The van der Waals surface area contributed by atoms with E-state index in [2.05, 4.69) is 17.2 Å². The van der Waals surface area contributed by atoms with E-state index in [1.165, 1.54) is 0 Å². The van der Waals surface area contributed by atoms with Crippen molar-refractivity contribution in [3.8, 4) is 11.8 Å². The summed E-state index contributed by atoms with van der Waals surface area (Å²) in [7, 11) is 1.83. The van der Waals surface area contributed by atoms with Gasteiger partial charge >= 0.3 is 0 Å². The standard InChI is InChI=1S/C8H15NO/c1-3-4-5-6-8(10)7-9-2/h8-10H,5-7H2,1-2H3. The molecule has 0 aromatic heterocycles. The first-order valence-corrected chi connectivity index (χ1v) is 3.53. The van der Waals surface area contributed by atoms with Crippen molar-refractivity contribution in [2.24, 2.45) is 0 Å². The average Bonchev–Trinajstić information content (AvgIpc) is 1.89. The fraction of sp³-hybridized carbons (Fsp3) is 0.750. The van der Waals surface area contributed by atoms with Gasteiger partial charge in [0, 0.05) is 13.0 Å². The lowest BCUT2D eigenvalue weighted by molar-refractivity contribution is 0.166. The lowest BCUT2D eigenvalue weighted by Gasteiger charge is -2.05. The minimum Gasteiger partial charge on any atom is -0.392 e. The van der Waals surface area contributed by atoms with Crippen molar-refractivity contribution < 1.29 is 5.11 Å². The predicted molar refractivity (Wildman–Crippen MR) is 42.6 cm³/mol. The number of rotatable bonds is 4. The lowest BCUT2D eigenvalue weighted by atomic mass is 10.2. The molecule has 1 atom stereocenters. The first kappa shape index (κ1) is 9.48. The summed E-state index contributed by atoms with van der Waals surface area (Å²) in [5.41, 5.74) is 0. The Morgan fingerprint density at radius 1 is 1.60 bits per heavy atom. The summed E-state index contributed by atoms with van der Waals surface area (Å²) >= 11 is 0.